The zero-order valence-corrected chi connectivity index (χ0v) is 50.2. The lowest BCUT2D eigenvalue weighted by molar-refractivity contribution is -0.158. The van der Waals surface area contributed by atoms with Gasteiger partial charge in [0.15, 0.2) is 28.2 Å². The molecule has 14 nitrogen and oxygen atoms in total. The van der Waals surface area contributed by atoms with Crippen LogP contribution in [0.5, 0.6) is 0 Å². The second-order valence-corrected chi connectivity index (χ2v) is 26.0. The maximum absolute atomic E-state index is 16.1. The highest BCUT2D eigenvalue weighted by atomic mass is 79.9. The van der Waals surface area contributed by atoms with Gasteiger partial charge in [0.25, 0.3) is 20.0 Å². The first-order chi connectivity index (χ1) is 38.7. The highest BCUT2D eigenvalue weighted by molar-refractivity contribution is 9.09. The number of para-hydroxylation sites is 2. The Bertz CT molecular complexity index is 3750. The van der Waals surface area contributed by atoms with Crippen molar-refractivity contribution in [2.24, 2.45) is 4.99 Å². The molecule has 1 atom stereocenters. The van der Waals surface area contributed by atoms with E-state index in [0.717, 1.165) is 39.7 Å². The standard InChI is InChI=1S/C60H62BrF4N3O11S3/c1-32(2)39-15-11-16-40(33(3)4)57(39)66-36-21-23-43-46(28-36)79-47-29-37(67-58-41(34(5)6)17-12-18-42(58)35(7)8)22-24-44(47)52(43)45-14-9-10-19-48(45)81(73,74)68-82(75,76)60-55(64)53(62)59(54(63)56(60)65)80-31-38(30-77-50(71)20-13-27-61)78-51(72)26-25-49(69)70/h9-12,14-19,21-24,28-29,32-35,38,66,68H,13,20,25-27,30-31H2,1-8H3,(H,69,70). The van der Waals surface area contributed by atoms with Crippen molar-refractivity contribution in [3.63, 3.8) is 0 Å². The van der Waals surface area contributed by atoms with Crippen molar-refractivity contribution >= 4 is 93.7 Å². The number of esters is 2. The highest BCUT2D eigenvalue weighted by Gasteiger charge is 2.38. The SMILES string of the molecule is CC(C)c1cccc(C(C)C)c1N=c1ccc2c(-c3ccccc3S(=O)(=O)NS(=O)(=O)c3c(F)c(F)c(SCC(COC(=O)CCCBr)OC(=O)CCC(=O)O)c(F)c3F)c3ccc(Nc4c(C(C)C)cccc4C(C)C)cc3oc-2c1. The van der Waals surface area contributed by atoms with E-state index in [9.17, 15) is 31.2 Å². The predicted octanol–water partition coefficient (Wildman–Crippen LogP) is 14.5. The first-order valence-electron chi connectivity index (χ1n) is 26.3. The zero-order chi connectivity index (χ0) is 60.0. The summed E-state index contributed by atoms with van der Waals surface area (Å²) in [5.74, 6) is -12.7. The summed E-state index contributed by atoms with van der Waals surface area (Å²) in [7, 11) is -11.5. The number of carboxylic acid groups (broad SMARTS) is 1. The van der Waals surface area contributed by atoms with Crippen LogP contribution in [0.25, 0.3) is 33.4 Å². The maximum atomic E-state index is 16.1. The van der Waals surface area contributed by atoms with E-state index in [-0.39, 0.29) is 64.3 Å². The van der Waals surface area contributed by atoms with Crippen molar-refractivity contribution in [3.05, 3.63) is 148 Å². The van der Waals surface area contributed by atoms with Gasteiger partial charge >= 0.3 is 17.9 Å². The molecule has 0 fully saturated rings. The van der Waals surface area contributed by atoms with Crippen LogP contribution in [-0.4, -0.2) is 63.6 Å². The summed E-state index contributed by atoms with van der Waals surface area (Å²) < 4.78 is 140. The van der Waals surface area contributed by atoms with Gasteiger partial charge in [-0.3, -0.25) is 14.4 Å². The van der Waals surface area contributed by atoms with Gasteiger partial charge in [0.2, 0.25) is 0 Å². The number of sulfonamides is 2. The fourth-order valence-electron chi connectivity index (χ4n) is 9.23. The molecule has 0 bridgehead atoms. The van der Waals surface area contributed by atoms with Gasteiger partial charge in [0, 0.05) is 63.1 Å². The molecule has 1 aliphatic heterocycles. The van der Waals surface area contributed by atoms with Crippen molar-refractivity contribution in [1.29, 1.82) is 0 Å². The predicted molar refractivity (Wildman–Crippen MR) is 311 cm³/mol. The summed E-state index contributed by atoms with van der Waals surface area (Å²) in [6, 6.07) is 27.7. The van der Waals surface area contributed by atoms with Gasteiger partial charge in [-0.1, -0.05) is 126 Å². The number of hydrogen-bond donors (Lipinski definition) is 3. The number of hydrogen-bond acceptors (Lipinski definition) is 13. The number of ether oxygens (including phenoxy) is 2. The van der Waals surface area contributed by atoms with E-state index < -0.39 is 107 Å². The molecule has 1 heterocycles. The molecule has 2 aliphatic rings. The second-order valence-electron chi connectivity index (χ2n) is 20.6. The van der Waals surface area contributed by atoms with E-state index in [1.54, 1.807) is 36.4 Å². The van der Waals surface area contributed by atoms with E-state index in [1.807, 2.05) is 36.4 Å². The highest BCUT2D eigenvalue weighted by Crippen LogP contribution is 2.45. The number of carbonyl (C=O) groups is 3. The van der Waals surface area contributed by atoms with Crippen LogP contribution in [-0.2, 0) is 43.9 Å². The lowest BCUT2D eigenvalue weighted by Crippen LogP contribution is -2.33. The Hall–Kier alpha value is -6.59. The molecule has 0 amide bonds. The lowest BCUT2D eigenvalue weighted by Gasteiger charge is -2.22. The van der Waals surface area contributed by atoms with Gasteiger partial charge in [0.05, 0.1) is 33.7 Å². The first kappa shape index (κ1) is 63.0. The van der Waals surface area contributed by atoms with E-state index in [2.05, 4.69) is 76.6 Å². The van der Waals surface area contributed by atoms with E-state index in [0.29, 0.717) is 33.7 Å². The molecule has 436 valence electrons. The number of halogens is 5. The number of fused-ring (bicyclic) bond motifs is 2. The molecular weight excluding hydrogens is 1190 g/mol. The van der Waals surface area contributed by atoms with Gasteiger partial charge in [-0.15, -0.1) is 15.9 Å². The lowest BCUT2D eigenvalue weighted by atomic mass is 9.92. The van der Waals surface area contributed by atoms with Crippen molar-refractivity contribution in [2.75, 3.05) is 23.0 Å². The molecule has 22 heteroatoms. The van der Waals surface area contributed by atoms with Crippen LogP contribution < -0.4 is 14.8 Å². The smallest absolute Gasteiger partial charge is 0.306 e. The third-order valence-corrected chi connectivity index (χ3v) is 18.6. The minimum absolute atomic E-state index is 0.0117. The second kappa shape index (κ2) is 26.8. The summed E-state index contributed by atoms with van der Waals surface area (Å²) in [6.07, 6.45) is -2.60. The van der Waals surface area contributed by atoms with Crippen LogP contribution >= 0.6 is 27.7 Å². The molecular formula is C60H62BrF4N3O11S3. The molecule has 5 aromatic rings. The quantitative estimate of drug-likeness (QED) is 0.0129. The third kappa shape index (κ3) is 14.4. The summed E-state index contributed by atoms with van der Waals surface area (Å²) in [5.41, 5.74) is 7.22. The topological polar surface area (TPSA) is 208 Å². The minimum atomic E-state index is -6.06. The van der Waals surface area contributed by atoms with Crippen LogP contribution in [0.2, 0.25) is 0 Å². The monoisotopic (exact) mass is 1250 g/mol. The number of anilines is 2. The van der Waals surface area contributed by atoms with Crippen LogP contribution in [0.15, 0.2) is 121 Å². The van der Waals surface area contributed by atoms with E-state index in [1.165, 1.54) is 22.3 Å². The van der Waals surface area contributed by atoms with Crippen LogP contribution in [0.4, 0.5) is 34.6 Å². The van der Waals surface area contributed by atoms with Gasteiger partial charge in [-0.05, 0) is 82.7 Å². The normalized spacial score (nSPS) is 12.8. The summed E-state index contributed by atoms with van der Waals surface area (Å²) >= 11 is 3.17. The number of thioether (sulfide) groups is 1. The molecule has 3 N–H and O–H groups in total. The summed E-state index contributed by atoms with van der Waals surface area (Å²) in [4.78, 5) is 36.4. The number of carbonyl (C=O) groups excluding carboxylic acids is 2. The van der Waals surface area contributed by atoms with Gasteiger partial charge in [-0.25, -0.2) is 39.4 Å². The Morgan fingerprint density at radius 3 is 1.87 bits per heavy atom. The molecule has 1 unspecified atom stereocenters. The Kier molecular flexibility index (Phi) is 20.6. The van der Waals surface area contributed by atoms with E-state index >= 15 is 17.6 Å². The number of rotatable bonds is 24. The Morgan fingerprint density at radius 1 is 0.683 bits per heavy atom. The van der Waals surface area contributed by atoms with Gasteiger partial charge < -0.3 is 24.3 Å². The van der Waals surface area contributed by atoms with Crippen molar-refractivity contribution in [1.82, 2.24) is 4.13 Å². The zero-order valence-electron chi connectivity index (χ0n) is 46.2. The third-order valence-electron chi connectivity index (χ3n) is 13.2. The van der Waals surface area contributed by atoms with Gasteiger partial charge in [0.1, 0.15) is 24.1 Å². The Labute approximate surface area is 486 Å². The number of aliphatic carboxylic acids is 1. The average Bonchev–Trinajstić information content (AvgIpc) is 1.66. The van der Waals surface area contributed by atoms with Crippen LogP contribution in [0.1, 0.15) is 127 Å². The van der Waals surface area contributed by atoms with Crippen LogP contribution in [0, 0.1) is 23.3 Å². The fraction of sp³-hybridized carbons (Fsp3) is 0.333. The first-order valence-corrected chi connectivity index (χ1v) is 31.4. The molecule has 1 aliphatic carbocycles. The molecule has 0 aromatic heterocycles. The van der Waals surface area contributed by atoms with E-state index in [4.69, 9.17) is 24.0 Å². The molecule has 0 saturated carbocycles. The molecule has 0 saturated heterocycles. The molecule has 0 spiro atoms. The van der Waals surface area contributed by atoms with Crippen molar-refractivity contribution in [2.45, 2.75) is 126 Å². The molecule has 7 rings (SSSR count). The molecule has 5 aromatic carbocycles. The average molecular weight is 1250 g/mol. The fourth-order valence-corrected chi connectivity index (χ4v) is 13.7. The molecule has 0 radical (unpaired) electrons. The number of alkyl halides is 1. The summed E-state index contributed by atoms with van der Waals surface area (Å²) in [5, 5.41) is 13.9. The van der Waals surface area contributed by atoms with Crippen molar-refractivity contribution in [3.8, 4) is 22.5 Å². The number of carboxylic acids is 1. The number of nitrogens with one attached hydrogen (secondary N) is 2. The molecule has 82 heavy (non-hydrogen) atoms. The van der Waals surface area contributed by atoms with Gasteiger partial charge in [-0.2, -0.15) is 0 Å². The maximum Gasteiger partial charge on any atom is 0.306 e. The van der Waals surface area contributed by atoms with Crippen LogP contribution in [0.3, 0.4) is 0 Å². The van der Waals surface area contributed by atoms with Crippen molar-refractivity contribution < 1.29 is 67.8 Å². The largest absolute Gasteiger partial charge is 0.481 e. The minimum Gasteiger partial charge on any atom is -0.481 e. The number of nitrogens with zero attached hydrogens (tertiary/aromatic N) is 1. The summed E-state index contributed by atoms with van der Waals surface area (Å²) in [6.45, 7) is 15.9. The number of benzene rings is 6. The Morgan fingerprint density at radius 2 is 1.28 bits per heavy atom. The Balaban J connectivity index is 1.33.